The number of hydrogen-bond donors (Lipinski definition) is 0. The van der Waals surface area contributed by atoms with Gasteiger partial charge in [0.15, 0.2) is 12.4 Å². The van der Waals surface area contributed by atoms with Gasteiger partial charge < -0.3 is 9.47 Å². The smallest absolute Gasteiger partial charge is 0.232 e. The number of pyridine rings is 1. The van der Waals surface area contributed by atoms with Gasteiger partial charge in [-0.05, 0) is 38.0 Å². The van der Waals surface area contributed by atoms with Crippen LogP contribution < -0.4 is 4.74 Å². The molecular formula is C21H21BrN2O3. The van der Waals surface area contributed by atoms with Crippen LogP contribution in [0.2, 0.25) is 0 Å². The Kier molecular flexibility index (Phi) is 5.64. The molecular weight excluding hydrogens is 408 g/mol. The van der Waals surface area contributed by atoms with Crippen molar-refractivity contribution in [2.75, 3.05) is 6.61 Å². The second-order valence-corrected chi connectivity index (χ2v) is 8.02. The Morgan fingerprint density at radius 1 is 1.33 bits per heavy atom. The van der Waals surface area contributed by atoms with E-state index < -0.39 is 0 Å². The molecule has 1 aliphatic rings. The van der Waals surface area contributed by atoms with Crippen LogP contribution in [0.25, 0.3) is 0 Å². The van der Waals surface area contributed by atoms with Gasteiger partial charge in [-0.2, -0.15) is 5.26 Å². The maximum atomic E-state index is 12.4. The third-order valence-electron chi connectivity index (χ3n) is 4.63. The summed E-state index contributed by atoms with van der Waals surface area (Å²) < 4.78 is 12.5. The molecule has 0 aliphatic carbocycles. The van der Waals surface area contributed by atoms with Crippen molar-refractivity contribution in [2.24, 2.45) is 0 Å². The molecule has 0 amide bonds. The summed E-state index contributed by atoms with van der Waals surface area (Å²) in [6.45, 7) is 6.28. The molecule has 0 spiro atoms. The molecule has 0 bridgehead atoms. The number of halogens is 1. The molecule has 140 valence electrons. The normalized spacial score (nSPS) is 14.9. The van der Waals surface area contributed by atoms with Gasteiger partial charge in [0.05, 0.1) is 17.9 Å². The van der Waals surface area contributed by atoms with Crippen LogP contribution in [-0.2, 0) is 24.2 Å². The van der Waals surface area contributed by atoms with Crippen molar-refractivity contribution in [3.63, 3.8) is 0 Å². The highest BCUT2D eigenvalue weighted by Crippen LogP contribution is 2.35. The Morgan fingerprint density at radius 2 is 2.04 bits per heavy atom. The molecule has 0 unspecified atom stereocenters. The number of aromatic nitrogens is 1. The maximum Gasteiger partial charge on any atom is 0.232 e. The van der Waals surface area contributed by atoms with E-state index in [0.717, 1.165) is 21.3 Å². The Labute approximate surface area is 167 Å². The molecule has 0 fully saturated rings. The number of nitrogens with zero attached hydrogens (tertiary/aromatic N) is 2. The Bertz CT molecular complexity index is 915. The van der Waals surface area contributed by atoms with Gasteiger partial charge in [0, 0.05) is 22.0 Å². The standard InChI is InChI=1S/C21H21BrN2O3/c1-4-18-17-11-27-21(2,3)9-15(17)16(10-23)20(24-18)26-12-19(25)13-5-7-14(22)8-6-13/h5-8H,4,9,11-12H2,1-3H3. The number of carbonyl (C=O) groups is 1. The average molecular weight is 429 g/mol. The average Bonchev–Trinajstić information content (AvgIpc) is 2.64. The third kappa shape index (κ3) is 4.20. The van der Waals surface area contributed by atoms with E-state index in [1.807, 2.05) is 32.9 Å². The Balaban J connectivity index is 1.90. The summed E-state index contributed by atoms with van der Waals surface area (Å²) in [7, 11) is 0. The third-order valence-corrected chi connectivity index (χ3v) is 5.16. The van der Waals surface area contributed by atoms with E-state index in [4.69, 9.17) is 9.47 Å². The molecule has 0 saturated heterocycles. The van der Waals surface area contributed by atoms with Crippen LogP contribution in [0.15, 0.2) is 28.7 Å². The fourth-order valence-corrected chi connectivity index (χ4v) is 3.44. The van der Waals surface area contributed by atoms with E-state index >= 15 is 0 Å². The van der Waals surface area contributed by atoms with Crippen LogP contribution in [0.3, 0.4) is 0 Å². The van der Waals surface area contributed by atoms with E-state index in [1.54, 1.807) is 12.1 Å². The van der Waals surface area contributed by atoms with Crippen molar-refractivity contribution in [2.45, 2.75) is 45.8 Å². The van der Waals surface area contributed by atoms with E-state index in [2.05, 4.69) is 27.0 Å². The minimum atomic E-state index is -0.352. The topological polar surface area (TPSA) is 72.2 Å². The number of benzene rings is 1. The largest absolute Gasteiger partial charge is 0.468 e. The zero-order chi connectivity index (χ0) is 19.6. The molecule has 6 heteroatoms. The van der Waals surface area contributed by atoms with Gasteiger partial charge in [0.25, 0.3) is 0 Å². The molecule has 0 saturated carbocycles. The molecule has 1 aromatic heterocycles. The number of aryl methyl sites for hydroxylation is 1. The van der Waals surface area contributed by atoms with Crippen molar-refractivity contribution >= 4 is 21.7 Å². The van der Waals surface area contributed by atoms with Gasteiger partial charge >= 0.3 is 0 Å². The Morgan fingerprint density at radius 3 is 2.67 bits per heavy atom. The number of ether oxygens (including phenoxy) is 2. The lowest BCUT2D eigenvalue weighted by atomic mass is 9.88. The number of hydrogen-bond acceptors (Lipinski definition) is 5. The minimum absolute atomic E-state index is 0.160. The number of Topliss-reactive ketones (excluding diaryl/α,β-unsaturated/α-hetero) is 1. The van der Waals surface area contributed by atoms with E-state index in [9.17, 15) is 10.1 Å². The van der Waals surface area contributed by atoms with Crippen molar-refractivity contribution in [3.8, 4) is 11.9 Å². The lowest BCUT2D eigenvalue weighted by Crippen LogP contribution is -2.33. The van der Waals surface area contributed by atoms with Crippen LogP contribution in [-0.4, -0.2) is 23.0 Å². The molecule has 5 nitrogen and oxygen atoms in total. The molecule has 1 aromatic carbocycles. The highest BCUT2D eigenvalue weighted by atomic mass is 79.9. The summed E-state index contributed by atoms with van der Waals surface area (Å²) in [6, 6.07) is 9.31. The molecule has 27 heavy (non-hydrogen) atoms. The van der Waals surface area contributed by atoms with E-state index in [-0.39, 0.29) is 23.9 Å². The number of rotatable bonds is 5. The van der Waals surface area contributed by atoms with Gasteiger partial charge in [0.1, 0.15) is 11.6 Å². The van der Waals surface area contributed by atoms with Gasteiger partial charge in [-0.25, -0.2) is 4.98 Å². The highest BCUT2D eigenvalue weighted by molar-refractivity contribution is 9.10. The first-order valence-electron chi connectivity index (χ1n) is 8.85. The lowest BCUT2D eigenvalue weighted by molar-refractivity contribution is -0.0408. The summed E-state index contributed by atoms with van der Waals surface area (Å²) in [5.41, 5.74) is 3.36. The first-order chi connectivity index (χ1) is 12.8. The summed E-state index contributed by atoms with van der Waals surface area (Å²) in [4.78, 5) is 16.9. The second-order valence-electron chi connectivity index (χ2n) is 7.11. The molecule has 0 radical (unpaired) electrons. The van der Waals surface area contributed by atoms with Gasteiger partial charge in [-0.3, -0.25) is 4.79 Å². The van der Waals surface area contributed by atoms with E-state index in [1.165, 1.54) is 0 Å². The number of carbonyl (C=O) groups excluding carboxylic acids is 1. The summed E-state index contributed by atoms with van der Waals surface area (Å²) in [6.07, 6.45) is 1.31. The van der Waals surface area contributed by atoms with Crippen LogP contribution in [0.1, 0.15) is 53.5 Å². The quantitative estimate of drug-likeness (QED) is 0.660. The summed E-state index contributed by atoms with van der Waals surface area (Å²) in [5, 5.41) is 9.72. The Hall–Kier alpha value is -2.23. The second kappa shape index (κ2) is 7.79. The fraction of sp³-hybridized carbons (Fsp3) is 0.381. The molecule has 1 aliphatic heterocycles. The summed E-state index contributed by atoms with van der Waals surface area (Å²) in [5.74, 6) is 0.0730. The van der Waals surface area contributed by atoms with Gasteiger partial charge in [0.2, 0.25) is 5.88 Å². The molecule has 0 atom stereocenters. The summed E-state index contributed by atoms with van der Waals surface area (Å²) >= 11 is 3.35. The molecule has 2 aromatic rings. The van der Waals surface area contributed by atoms with Crippen molar-refractivity contribution in [3.05, 3.63) is 56.7 Å². The number of nitriles is 1. The van der Waals surface area contributed by atoms with Crippen LogP contribution in [0, 0.1) is 11.3 Å². The van der Waals surface area contributed by atoms with Gasteiger partial charge in [-0.15, -0.1) is 0 Å². The van der Waals surface area contributed by atoms with Crippen molar-refractivity contribution < 1.29 is 14.3 Å². The van der Waals surface area contributed by atoms with E-state index in [0.29, 0.717) is 30.6 Å². The number of fused-ring (bicyclic) bond motifs is 1. The molecule has 0 N–H and O–H groups in total. The first kappa shape index (κ1) is 19.5. The molecule has 2 heterocycles. The predicted molar refractivity (Wildman–Crippen MR) is 105 cm³/mol. The fourth-order valence-electron chi connectivity index (χ4n) is 3.18. The SMILES string of the molecule is CCc1nc(OCC(=O)c2ccc(Br)cc2)c(C#N)c2c1COC(C)(C)C2. The van der Waals surface area contributed by atoms with Gasteiger partial charge in [-0.1, -0.05) is 35.0 Å². The van der Waals surface area contributed by atoms with Crippen molar-refractivity contribution in [1.29, 1.82) is 5.26 Å². The highest BCUT2D eigenvalue weighted by Gasteiger charge is 2.32. The van der Waals surface area contributed by atoms with Crippen LogP contribution in [0.4, 0.5) is 0 Å². The van der Waals surface area contributed by atoms with Crippen LogP contribution in [0.5, 0.6) is 5.88 Å². The maximum absolute atomic E-state index is 12.4. The lowest BCUT2D eigenvalue weighted by Gasteiger charge is -2.33. The van der Waals surface area contributed by atoms with Crippen molar-refractivity contribution in [1.82, 2.24) is 4.98 Å². The first-order valence-corrected chi connectivity index (χ1v) is 9.64. The van der Waals surface area contributed by atoms with Crippen LogP contribution >= 0.6 is 15.9 Å². The monoisotopic (exact) mass is 428 g/mol. The zero-order valence-corrected chi connectivity index (χ0v) is 17.2. The zero-order valence-electron chi connectivity index (χ0n) is 15.6. The predicted octanol–water partition coefficient (Wildman–Crippen LogP) is 4.39. The molecule has 3 rings (SSSR count). The number of ketones is 1. The minimum Gasteiger partial charge on any atom is -0.468 e.